The highest BCUT2D eigenvalue weighted by Gasteiger charge is 2.38. The van der Waals surface area contributed by atoms with Crippen LogP contribution in [-0.4, -0.2) is 42.8 Å². The van der Waals surface area contributed by atoms with E-state index in [1.54, 1.807) is 23.1 Å². The fourth-order valence-corrected chi connectivity index (χ4v) is 5.53. The molecule has 1 atom stereocenters. The maximum atomic E-state index is 14.2. The third-order valence-electron chi connectivity index (χ3n) is 7.57. The number of rotatable bonds is 7. The molecule has 3 aromatic carbocycles. The Morgan fingerprint density at radius 3 is 2.31 bits per heavy atom. The van der Waals surface area contributed by atoms with Crippen molar-refractivity contribution in [2.45, 2.75) is 51.2 Å². The Labute approximate surface area is 227 Å². The predicted octanol–water partition coefficient (Wildman–Crippen LogP) is 4.94. The lowest BCUT2D eigenvalue weighted by Crippen LogP contribution is -2.48. The van der Waals surface area contributed by atoms with Crippen molar-refractivity contribution < 1.29 is 28.5 Å². The lowest BCUT2D eigenvalue weighted by Gasteiger charge is -2.36. The van der Waals surface area contributed by atoms with Crippen molar-refractivity contribution in [3.05, 3.63) is 82.9 Å². The average Bonchev–Trinajstić information content (AvgIpc) is 3.67. The Hall–Kier alpha value is -4.20. The standard InChI is InChI=1S/C31H32N2O6/c1-20-6-9-22(10-7-20)29(30(34)32-18-21-8-12-26-27(16-21)39-19-38-26)33(24-4-2-3-5-24)31(35)23-11-13-25-28(17-23)37-15-14-36-25/h6-13,16-17,24,29H,2-5,14-15,18-19H2,1H3,(H,32,34). The first-order valence-corrected chi connectivity index (χ1v) is 13.5. The molecule has 0 bridgehead atoms. The molecule has 0 saturated heterocycles. The molecule has 1 saturated carbocycles. The summed E-state index contributed by atoms with van der Waals surface area (Å²) in [4.78, 5) is 30.0. The van der Waals surface area contributed by atoms with Crippen LogP contribution < -0.4 is 24.3 Å². The molecule has 1 fully saturated rings. The minimum absolute atomic E-state index is 0.0479. The van der Waals surface area contributed by atoms with Crippen molar-refractivity contribution in [3.8, 4) is 23.0 Å². The Kier molecular flexibility index (Phi) is 7.00. The molecule has 0 spiro atoms. The van der Waals surface area contributed by atoms with Gasteiger partial charge in [-0.15, -0.1) is 0 Å². The number of nitrogens with one attached hydrogen (secondary N) is 1. The number of benzene rings is 3. The molecule has 39 heavy (non-hydrogen) atoms. The van der Waals surface area contributed by atoms with Gasteiger partial charge in [-0.25, -0.2) is 0 Å². The van der Waals surface area contributed by atoms with Crippen molar-refractivity contribution in [2.24, 2.45) is 0 Å². The van der Waals surface area contributed by atoms with Crippen molar-refractivity contribution in [1.82, 2.24) is 10.2 Å². The van der Waals surface area contributed by atoms with E-state index < -0.39 is 6.04 Å². The van der Waals surface area contributed by atoms with Crippen LogP contribution in [0.15, 0.2) is 60.7 Å². The van der Waals surface area contributed by atoms with Crippen molar-refractivity contribution in [1.29, 1.82) is 0 Å². The van der Waals surface area contributed by atoms with Gasteiger partial charge in [-0.05, 0) is 61.2 Å². The van der Waals surface area contributed by atoms with Gasteiger partial charge in [0.25, 0.3) is 5.91 Å². The fourth-order valence-electron chi connectivity index (χ4n) is 5.53. The van der Waals surface area contributed by atoms with E-state index in [2.05, 4.69) is 5.32 Å². The molecular weight excluding hydrogens is 496 g/mol. The molecule has 2 aliphatic heterocycles. The van der Waals surface area contributed by atoms with Gasteiger partial charge in [0, 0.05) is 18.2 Å². The van der Waals surface area contributed by atoms with Crippen LogP contribution in [0, 0.1) is 6.92 Å². The van der Waals surface area contributed by atoms with Crippen LogP contribution in [0.1, 0.15) is 58.8 Å². The predicted molar refractivity (Wildman–Crippen MR) is 144 cm³/mol. The van der Waals surface area contributed by atoms with Crippen molar-refractivity contribution in [2.75, 3.05) is 20.0 Å². The third-order valence-corrected chi connectivity index (χ3v) is 7.57. The minimum Gasteiger partial charge on any atom is -0.486 e. The van der Waals surface area contributed by atoms with Gasteiger partial charge in [0.05, 0.1) is 0 Å². The summed E-state index contributed by atoms with van der Waals surface area (Å²) in [6.45, 7) is 3.42. The van der Waals surface area contributed by atoms with Gasteiger partial charge in [0.2, 0.25) is 12.7 Å². The van der Waals surface area contributed by atoms with Crippen LogP contribution in [0.25, 0.3) is 0 Å². The number of hydrogen-bond acceptors (Lipinski definition) is 6. The smallest absolute Gasteiger partial charge is 0.255 e. The number of carbonyl (C=O) groups excluding carboxylic acids is 2. The van der Waals surface area contributed by atoms with E-state index >= 15 is 0 Å². The Morgan fingerprint density at radius 2 is 1.51 bits per heavy atom. The van der Waals surface area contributed by atoms with E-state index in [0.29, 0.717) is 48.3 Å². The van der Waals surface area contributed by atoms with E-state index in [0.717, 1.165) is 42.4 Å². The summed E-state index contributed by atoms with van der Waals surface area (Å²) in [6.07, 6.45) is 3.76. The van der Waals surface area contributed by atoms with Crippen LogP contribution in [-0.2, 0) is 11.3 Å². The number of nitrogens with zero attached hydrogens (tertiary/aromatic N) is 1. The zero-order chi connectivity index (χ0) is 26.8. The largest absolute Gasteiger partial charge is 0.486 e. The molecular formula is C31H32N2O6. The summed E-state index contributed by atoms with van der Waals surface area (Å²) in [7, 11) is 0. The maximum Gasteiger partial charge on any atom is 0.255 e. The maximum absolute atomic E-state index is 14.2. The second-order valence-electron chi connectivity index (χ2n) is 10.2. The first kappa shape index (κ1) is 25.1. The van der Waals surface area contributed by atoms with E-state index in [1.807, 2.05) is 49.4 Å². The Bertz CT molecular complexity index is 1370. The average molecular weight is 529 g/mol. The van der Waals surface area contributed by atoms with Gasteiger partial charge in [-0.2, -0.15) is 0 Å². The summed E-state index contributed by atoms with van der Waals surface area (Å²) in [5, 5.41) is 3.09. The normalized spacial score (nSPS) is 16.5. The van der Waals surface area contributed by atoms with Crippen molar-refractivity contribution in [3.63, 3.8) is 0 Å². The monoisotopic (exact) mass is 528 g/mol. The van der Waals surface area contributed by atoms with Gasteiger partial charge >= 0.3 is 0 Å². The van der Waals surface area contributed by atoms with Gasteiger partial charge in [-0.1, -0.05) is 48.7 Å². The second-order valence-corrected chi connectivity index (χ2v) is 10.2. The van der Waals surface area contributed by atoms with Crippen LogP contribution in [0.4, 0.5) is 0 Å². The zero-order valence-corrected chi connectivity index (χ0v) is 22.0. The lowest BCUT2D eigenvalue weighted by atomic mass is 9.98. The molecule has 0 radical (unpaired) electrons. The molecule has 202 valence electrons. The van der Waals surface area contributed by atoms with Gasteiger partial charge in [0.15, 0.2) is 23.0 Å². The Morgan fingerprint density at radius 1 is 0.846 bits per heavy atom. The van der Waals surface area contributed by atoms with Gasteiger partial charge in [-0.3, -0.25) is 9.59 Å². The summed E-state index contributed by atoms with van der Waals surface area (Å²) in [6, 6.07) is 17.9. The van der Waals surface area contributed by atoms with Crippen molar-refractivity contribution >= 4 is 11.8 Å². The molecule has 3 aromatic rings. The molecule has 0 aromatic heterocycles. The number of ether oxygens (including phenoxy) is 4. The van der Waals surface area contributed by atoms with Crippen LogP contribution in [0.5, 0.6) is 23.0 Å². The first-order chi connectivity index (χ1) is 19.1. The summed E-state index contributed by atoms with van der Waals surface area (Å²) < 4.78 is 22.3. The third kappa shape index (κ3) is 5.24. The first-order valence-electron chi connectivity index (χ1n) is 13.5. The molecule has 2 heterocycles. The molecule has 3 aliphatic rings. The molecule has 1 aliphatic carbocycles. The molecule has 2 amide bonds. The molecule has 8 heteroatoms. The lowest BCUT2D eigenvalue weighted by molar-refractivity contribution is -0.126. The number of hydrogen-bond donors (Lipinski definition) is 1. The quantitative estimate of drug-likeness (QED) is 0.468. The highest BCUT2D eigenvalue weighted by atomic mass is 16.7. The van der Waals surface area contributed by atoms with Crippen LogP contribution >= 0.6 is 0 Å². The van der Waals surface area contributed by atoms with Crippen LogP contribution in [0.2, 0.25) is 0 Å². The molecule has 1 N–H and O–H groups in total. The minimum atomic E-state index is -0.789. The Balaban J connectivity index is 1.33. The van der Waals surface area contributed by atoms with E-state index in [4.69, 9.17) is 18.9 Å². The number of fused-ring (bicyclic) bond motifs is 2. The zero-order valence-electron chi connectivity index (χ0n) is 22.0. The second kappa shape index (κ2) is 10.9. The van der Waals surface area contributed by atoms with E-state index in [-0.39, 0.29) is 24.6 Å². The summed E-state index contributed by atoms with van der Waals surface area (Å²) in [5.74, 6) is 2.12. The molecule has 6 rings (SSSR count). The molecule has 1 unspecified atom stereocenters. The highest BCUT2D eigenvalue weighted by Crippen LogP contribution is 2.36. The molecule has 8 nitrogen and oxygen atoms in total. The fraction of sp³-hybridized carbons (Fsp3) is 0.355. The number of amides is 2. The van der Waals surface area contributed by atoms with Crippen LogP contribution in [0.3, 0.4) is 0 Å². The van der Waals surface area contributed by atoms with E-state index in [9.17, 15) is 9.59 Å². The number of carbonyl (C=O) groups is 2. The SMILES string of the molecule is Cc1ccc(C(C(=O)NCc2ccc3c(c2)OCO3)N(C(=O)c2ccc3c(c2)OCCO3)C2CCCC2)cc1. The highest BCUT2D eigenvalue weighted by molar-refractivity contribution is 5.98. The summed E-state index contributed by atoms with van der Waals surface area (Å²) in [5.41, 5.74) is 3.23. The summed E-state index contributed by atoms with van der Waals surface area (Å²) >= 11 is 0. The topological polar surface area (TPSA) is 86.3 Å². The van der Waals surface area contributed by atoms with E-state index in [1.165, 1.54) is 0 Å². The number of aryl methyl sites for hydroxylation is 1. The van der Waals surface area contributed by atoms with Gasteiger partial charge < -0.3 is 29.2 Å². The van der Waals surface area contributed by atoms with Gasteiger partial charge in [0.1, 0.15) is 19.3 Å².